The van der Waals surface area contributed by atoms with Gasteiger partial charge in [0.05, 0.1) is 31.4 Å². The summed E-state index contributed by atoms with van der Waals surface area (Å²) in [7, 11) is 0. The lowest BCUT2D eigenvalue weighted by Gasteiger charge is -2.29. The van der Waals surface area contributed by atoms with E-state index in [9.17, 15) is 19.5 Å². The van der Waals surface area contributed by atoms with E-state index in [4.69, 9.17) is 21.1 Å². The second-order valence-electron chi connectivity index (χ2n) is 9.20. The lowest BCUT2D eigenvalue weighted by molar-refractivity contribution is -0.140. The largest absolute Gasteiger partial charge is 0.507 e. The summed E-state index contributed by atoms with van der Waals surface area (Å²) in [6.45, 7) is 9.35. The van der Waals surface area contributed by atoms with Gasteiger partial charge in [-0.2, -0.15) is 0 Å². The number of amides is 1. The first-order valence-corrected chi connectivity index (χ1v) is 12.8. The minimum atomic E-state index is -0.817. The summed E-state index contributed by atoms with van der Waals surface area (Å²) in [4.78, 5) is 45.7. The number of hydrogen-bond donors (Lipinski definition) is 2. The molecule has 0 bridgehead atoms. The minimum Gasteiger partial charge on any atom is -0.507 e. The number of rotatable bonds is 8. The monoisotopic (exact) mass is 529 g/mol. The SMILES string of the molecule is CCOC(=O)c1[nH]c(C)c(/C(O)=C2\C(=O)C(=O)N(CCCN3CCOCC3)[C@@H]2c2cccc(Cl)c2)c1C. The number of morpholine rings is 1. The molecular formula is C27H32ClN3O6. The molecule has 2 aliphatic heterocycles. The number of aromatic amines is 1. The topological polar surface area (TPSA) is 112 Å². The van der Waals surface area contributed by atoms with Gasteiger partial charge in [-0.15, -0.1) is 0 Å². The van der Waals surface area contributed by atoms with Gasteiger partial charge in [0.2, 0.25) is 0 Å². The van der Waals surface area contributed by atoms with Crippen molar-refractivity contribution in [3.63, 3.8) is 0 Å². The summed E-state index contributed by atoms with van der Waals surface area (Å²) in [5.74, 6) is -2.34. The molecule has 2 aromatic rings. The molecule has 0 spiro atoms. The summed E-state index contributed by atoms with van der Waals surface area (Å²) < 4.78 is 10.5. The molecule has 0 aliphatic carbocycles. The highest BCUT2D eigenvalue weighted by Crippen LogP contribution is 2.41. The van der Waals surface area contributed by atoms with Crippen LogP contribution in [0.2, 0.25) is 5.02 Å². The lowest BCUT2D eigenvalue weighted by Crippen LogP contribution is -2.38. The van der Waals surface area contributed by atoms with Gasteiger partial charge in [0.25, 0.3) is 11.7 Å². The van der Waals surface area contributed by atoms with Gasteiger partial charge < -0.3 is 24.5 Å². The van der Waals surface area contributed by atoms with Gasteiger partial charge in [0.15, 0.2) is 0 Å². The van der Waals surface area contributed by atoms with Crippen molar-refractivity contribution in [3.8, 4) is 0 Å². The second-order valence-corrected chi connectivity index (χ2v) is 9.64. The van der Waals surface area contributed by atoms with E-state index in [1.54, 1.807) is 45.0 Å². The third-order valence-electron chi connectivity index (χ3n) is 6.84. The Morgan fingerprint density at radius 2 is 1.95 bits per heavy atom. The summed E-state index contributed by atoms with van der Waals surface area (Å²) >= 11 is 6.27. The van der Waals surface area contributed by atoms with Crippen molar-refractivity contribution in [2.24, 2.45) is 0 Å². The molecule has 2 aliphatic rings. The molecule has 198 valence electrons. The smallest absolute Gasteiger partial charge is 0.355 e. The summed E-state index contributed by atoms with van der Waals surface area (Å²) in [6.07, 6.45) is 0.652. The molecule has 1 aromatic heterocycles. The van der Waals surface area contributed by atoms with Crippen molar-refractivity contribution in [2.75, 3.05) is 46.0 Å². The van der Waals surface area contributed by atoms with E-state index < -0.39 is 23.7 Å². The quantitative estimate of drug-likeness (QED) is 0.232. The van der Waals surface area contributed by atoms with Crippen LogP contribution in [-0.4, -0.2) is 83.5 Å². The first kappa shape index (κ1) is 26.9. The van der Waals surface area contributed by atoms with Crippen LogP contribution in [0.25, 0.3) is 5.76 Å². The fourth-order valence-corrected chi connectivity index (χ4v) is 5.27. The van der Waals surface area contributed by atoms with Crippen LogP contribution in [0.15, 0.2) is 29.8 Å². The molecule has 0 radical (unpaired) electrons. The van der Waals surface area contributed by atoms with Crippen LogP contribution in [0.5, 0.6) is 0 Å². The molecule has 0 saturated carbocycles. The molecule has 2 saturated heterocycles. The van der Waals surface area contributed by atoms with E-state index in [0.717, 1.165) is 19.6 Å². The average molecular weight is 530 g/mol. The third kappa shape index (κ3) is 5.44. The van der Waals surface area contributed by atoms with E-state index in [-0.39, 0.29) is 23.6 Å². The van der Waals surface area contributed by atoms with Crippen LogP contribution in [0.3, 0.4) is 0 Å². The van der Waals surface area contributed by atoms with E-state index >= 15 is 0 Å². The lowest BCUT2D eigenvalue weighted by atomic mass is 9.94. The standard InChI is InChI=1S/C27H32ClN3O6/c1-4-37-27(35)22-16(2)20(17(3)29-22)24(32)21-23(18-7-5-8-19(28)15-18)31(26(34)25(21)33)10-6-9-30-11-13-36-14-12-30/h5,7-8,15,23,29,32H,4,6,9-14H2,1-3H3/b24-21+/t23-/m1/s1. The number of ether oxygens (including phenoxy) is 2. The number of ketones is 1. The van der Waals surface area contributed by atoms with Crippen molar-refractivity contribution in [3.05, 3.63) is 62.9 Å². The number of nitrogens with zero attached hydrogens (tertiary/aromatic N) is 2. The molecule has 2 N–H and O–H groups in total. The molecule has 1 amide bonds. The number of nitrogens with one attached hydrogen (secondary N) is 1. The Kier molecular flexibility index (Phi) is 8.36. The van der Waals surface area contributed by atoms with Gasteiger partial charge in [-0.05, 0) is 50.5 Å². The van der Waals surface area contributed by atoms with Crippen LogP contribution in [0.4, 0.5) is 0 Å². The van der Waals surface area contributed by atoms with E-state index in [1.807, 2.05) is 0 Å². The Morgan fingerprint density at radius 3 is 2.62 bits per heavy atom. The number of carbonyl (C=O) groups excluding carboxylic acids is 3. The summed E-state index contributed by atoms with van der Waals surface area (Å²) in [5, 5.41) is 11.9. The Labute approximate surface area is 221 Å². The van der Waals surface area contributed by atoms with Crippen molar-refractivity contribution in [2.45, 2.75) is 33.2 Å². The van der Waals surface area contributed by atoms with Gasteiger partial charge in [0, 0.05) is 42.5 Å². The maximum atomic E-state index is 13.4. The van der Waals surface area contributed by atoms with Crippen molar-refractivity contribution < 1.29 is 29.0 Å². The fourth-order valence-electron chi connectivity index (χ4n) is 5.07. The predicted molar refractivity (Wildman–Crippen MR) is 139 cm³/mol. The number of carbonyl (C=O) groups is 3. The number of Topliss-reactive ketones (excluding diaryl/α,β-unsaturated/α-hetero) is 1. The number of esters is 1. The van der Waals surface area contributed by atoms with Gasteiger partial charge >= 0.3 is 5.97 Å². The third-order valence-corrected chi connectivity index (χ3v) is 7.07. The number of hydrogen-bond acceptors (Lipinski definition) is 7. The number of aromatic nitrogens is 1. The van der Waals surface area contributed by atoms with E-state index in [2.05, 4.69) is 9.88 Å². The number of H-pyrrole nitrogens is 1. The summed E-state index contributed by atoms with van der Waals surface area (Å²) in [5.41, 5.74) is 2.02. The molecule has 2 fully saturated rings. The number of halogens is 1. The van der Waals surface area contributed by atoms with Gasteiger partial charge in [-0.25, -0.2) is 4.79 Å². The van der Waals surface area contributed by atoms with Crippen LogP contribution in [0.1, 0.15) is 52.3 Å². The first-order chi connectivity index (χ1) is 17.7. The van der Waals surface area contributed by atoms with Crippen molar-refractivity contribution in [1.29, 1.82) is 0 Å². The molecule has 1 atom stereocenters. The van der Waals surface area contributed by atoms with Crippen LogP contribution in [0, 0.1) is 13.8 Å². The van der Waals surface area contributed by atoms with Gasteiger partial charge in [-0.3, -0.25) is 14.5 Å². The van der Waals surface area contributed by atoms with Crippen LogP contribution >= 0.6 is 11.6 Å². The molecule has 3 heterocycles. The van der Waals surface area contributed by atoms with Crippen LogP contribution < -0.4 is 0 Å². The minimum absolute atomic E-state index is 0.0285. The van der Waals surface area contributed by atoms with Crippen molar-refractivity contribution in [1.82, 2.24) is 14.8 Å². The Balaban J connectivity index is 1.74. The Hall–Kier alpha value is -3.14. The number of aliphatic hydroxyl groups is 1. The predicted octanol–water partition coefficient (Wildman–Crippen LogP) is 3.61. The summed E-state index contributed by atoms with van der Waals surface area (Å²) in [6, 6.07) is 6.12. The van der Waals surface area contributed by atoms with Gasteiger partial charge in [0.1, 0.15) is 11.5 Å². The number of aliphatic hydroxyl groups excluding tert-OH is 1. The van der Waals surface area contributed by atoms with Crippen LogP contribution in [-0.2, 0) is 19.1 Å². The second kappa shape index (κ2) is 11.5. The molecule has 9 nitrogen and oxygen atoms in total. The maximum absolute atomic E-state index is 13.4. The molecular weight excluding hydrogens is 498 g/mol. The molecule has 0 unspecified atom stereocenters. The molecule has 4 rings (SSSR count). The van der Waals surface area contributed by atoms with Gasteiger partial charge in [-0.1, -0.05) is 23.7 Å². The zero-order chi connectivity index (χ0) is 26.7. The highest BCUT2D eigenvalue weighted by Gasteiger charge is 2.46. The zero-order valence-corrected chi connectivity index (χ0v) is 22.1. The zero-order valence-electron chi connectivity index (χ0n) is 21.3. The molecule has 10 heteroatoms. The molecule has 37 heavy (non-hydrogen) atoms. The fraction of sp³-hybridized carbons (Fsp3) is 0.444. The first-order valence-electron chi connectivity index (χ1n) is 12.4. The highest BCUT2D eigenvalue weighted by atomic mass is 35.5. The highest BCUT2D eigenvalue weighted by molar-refractivity contribution is 6.46. The van der Waals surface area contributed by atoms with E-state index in [1.165, 1.54) is 4.90 Å². The Morgan fingerprint density at radius 1 is 1.22 bits per heavy atom. The Bertz CT molecular complexity index is 1230. The molecule has 1 aromatic carbocycles. The van der Waals surface area contributed by atoms with E-state index in [0.29, 0.717) is 53.6 Å². The number of benzene rings is 1. The maximum Gasteiger partial charge on any atom is 0.355 e. The normalized spacial score (nSPS) is 20.0. The van der Waals surface area contributed by atoms with Crippen molar-refractivity contribution >= 4 is 35.0 Å². The number of likely N-dealkylation sites (tertiary alicyclic amines) is 1. The number of aryl methyl sites for hydroxylation is 1. The average Bonchev–Trinajstić information content (AvgIpc) is 3.32.